The van der Waals surface area contributed by atoms with E-state index >= 15 is 0 Å². The van der Waals surface area contributed by atoms with Crippen LogP contribution in [0.15, 0.2) is 36.9 Å². The molecule has 0 aliphatic heterocycles. The molecule has 0 saturated carbocycles. The van der Waals surface area contributed by atoms with Gasteiger partial charge in [-0.05, 0) is 39.0 Å². The van der Waals surface area contributed by atoms with Crippen LogP contribution in [0.25, 0.3) is 5.65 Å². The number of nitrogens with zero attached hydrogens (tertiary/aromatic N) is 4. The van der Waals surface area contributed by atoms with Gasteiger partial charge in [0.1, 0.15) is 11.9 Å². The van der Waals surface area contributed by atoms with Crippen molar-refractivity contribution >= 4 is 11.6 Å². The second kappa shape index (κ2) is 5.88. The molecular weight excluding hydrogens is 315 g/mol. The fourth-order valence-electron chi connectivity index (χ4n) is 1.96. The third kappa shape index (κ3) is 3.32. The fourth-order valence-corrected chi connectivity index (χ4v) is 1.96. The summed E-state index contributed by atoms with van der Waals surface area (Å²) in [5.74, 6) is -1.27. The molecule has 0 aliphatic carbocycles. The first-order valence-corrected chi connectivity index (χ1v) is 7.18. The molecule has 24 heavy (non-hydrogen) atoms. The lowest BCUT2D eigenvalue weighted by Gasteiger charge is -2.19. The molecule has 2 heterocycles. The summed E-state index contributed by atoms with van der Waals surface area (Å²) < 4.78 is 26.4. The highest BCUT2D eigenvalue weighted by Gasteiger charge is 2.20. The second-order valence-electron chi connectivity index (χ2n) is 6.04. The number of hydrogen-bond donors (Lipinski definition) is 0. The Morgan fingerprint density at radius 2 is 2.08 bits per heavy atom. The van der Waals surface area contributed by atoms with Crippen molar-refractivity contribution in [2.75, 3.05) is 0 Å². The van der Waals surface area contributed by atoms with Crippen LogP contribution in [0, 0.1) is 5.82 Å². The number of aromatic nitrogens is 4. The lowest BCUT2D eigenvalue weighted by Crippen LogP contribution is -2.23. The Balaban J connectivity index is 1.92. The van der Waals surface area contributed by atoms with Crippen molar-refractivity contribution in [2.45, 2.75) is 26.4 Å². The van der Waals surface area contributed by atoms with Gasteiger partial charge >= 0.3 is 5.97 Å². The van der Waals surface area contributed by atoms with Gasteiger partial charge in [0, 0.05) is 12.4 Å². The molecule has 0 saturated heterocycles. The van der Waals surface area contributed by atoms with Crippen LogP contribution in [-0.2, 0) is 4.74 Å². The molecule has 0 amide bonds. The number of ether oxygens (including phenoxy) is 2. The highest BCUT2D eigenvalue weighted by Crippen LogP contribution is 2.27. The van der Waals surface area contributed by atoms with Crippen molar-refractivity contribution < 1.29 is 18.7 Å². The summed E-state index contributed by atoms with van der Waals surface area (Å²) in [7, 11) is 0. The summed E-state index contributed by atoms with van der Waals surface area (Å²) in [6, 6.07) is 3.74. The van der Waals surface area contributed by atoms with Crippen LogP contribution in [0.5, 0.6) is 11.6 Å². The molecule has 0 unspecified atom stereocenters. The van der Waals surface area contributed by atoms with Crippen LogP contribution < -0.4 is 4.74 Å². The zero-order chi connectivity index (χ0) is 17.3. The second-order valence-corrected chi connectivity index (χ2v) is 6.04. The molecule has 0 fully saturated rings. The standard InChI is InChI=1S/C16H15FN4O3/c1-16(2,3)24-15(22)10-4-5-11(17)12(8-10)23-14-13-20-19-9-21(13)7-6-18-14/h4-9H,1-3H3. The number of fused-ring (bicyclic) bond motifs is 1. The Bertz CT molecular complexity index is 902. The summed E-state index contributed by atoms with van der Waals surface area (Å²) in [5.41, 5.74) is -0.143. The summed E-state index contributed by atoms with van der Waals surface area (Å²) in [6.07, 6.45) is 4.58. The van der Waals surface area contributed by atoms with Gasteiger partial charge in [-0.15, -0.1) is 10.2 Å². The Kier molecular flexibility index (Phi) is 3.88. The predicted octanol–water partition coefficient (Wildman–Crippen LogP) is 3.01. The maximum atomic E-state index is 14.0. The summed E-state index contributed by atoms with van der Waals surface area (Å²) in [4.78, 5) is 16.1. The Morgan fingerprint density at radius 3 is 2.83 bits per heavy atom. The molecule has 3 rings (SSSR count). The van der Waals surface area contributed by atoms with Gasteiger partial charge in [0.2, 0.25) is 5.65 Å². The first-order valence-electron chi connectivity index (χ1n) is 7.18. The van der Waals surface area contributed by atoms with Gasteiger partial charge in [0.05, 0.1) is 5.56 Å². The minimum atomic E-state index is -0.652. The normalized spacial score (nSPS) is 11.5. The first kappa shape index (κ1) is 15.9. The van der Waals surface area contributed by atoms with E-state index < -0.39 is 17.4 Å². The average Bonchev–Trinajstić information content (AvgIpc) is 2.97. The molecule has 3 aromatic rings. The Hall–Kier alpha value is -3.03. The van der Waals surface area contributed by atoms with Gasteiger partial charge in [-0.1, -0.05) is 0 Å². The number of rotatable bonds is 3. The van der Waals surface area contributed by atoms with Crippen molar-refractivity contribution in [1.82, 2.24) is 19.6 Å². The number of esters is 1. The minimum absolute atomic E-state index is 0.0789. The fraction of sp³-hybridized carbons (Fsp3) is 0.250. The third-order valence-corrected chi connectivity index (χ3v) is 2.96. The van der Waals surface area contributed by atoms with Gasteiger partial charge in [-0.3, -0.25) is 4.40 Å². The molecule has 1 aromatic carbocycles. The van der Waals surface area contributed by atoms with Crippen LogP contribution in [0.3, 0.4) is 0 Å². The average molecular weight is 330 g/mol. The number of benzene rings is 1. The lowest BCUT2D eigenvalue weighted by molar-refractivity contribution is 0.00691. The van der Waals surface area contributed by atoms with E-state index in [9.17, 15) is 9.18 Å². The van der Waals surface area contributed by atoms with Crippen LogP contribution in [0.1, 0.15) is 31.1 Å². The number of carbonyl (C=O) groups excluding carboxylic acids is 1. The largest absolute Gasteiger partial charge is 0.456 e. The number of hydrogen-bond acceptors (Lipinski definition) is 6. The summed E-state index contributed by atoms with van der Waals surface area (Å²) >= 11 is 0. The molecule has 2 aromatic heterocycles. The molecule has 0 N–H and O–H groups in total. The van der Waals surface area contributed by atoms with Crippen LogP contribution in [-0.4, -0.2) is 31.2 Å². The molecule has 0 bridgehead atoms. The van der Waals surface area contributed by atoms with Gasteiger partial charge in [0.15, 0.2) is 11.6 Å². The smallest absolute Gasteiger partial charge is 0.338 e. The van der Waals surface area contributed by atoms with E-state index in [2.05, 4.69) is 15.2 Å². The molecule has 0 spiro atoms. The van der Waals surface area contributed by atoms with E-state index in [0.29, 0.717) is 5.65 Å². The SMILES string of the molecule is CC(C)(C)OC(=O)c1ccc(F)c(Oc2nccn3cnnc23)c1. The van der Waals surface area contributed by atoms with Gasteiger partial charge in [0.25, 0.3) is 5.88 Å². The number of halogens is 1. The summed E-state index contributed by atoms with van der Waals surface area (Å²) in [6.45, 7) is 5.26. The monoisotopic (exact) mass is 330 g/mol. The molecule has 0 aliphatic rings. The van der Waals surface area contributed by atoms with E-state index in [1.54, 1.807) is 31.4 Å². The minimum Gasteiger partial charge on any atom is -0.456 e. The zero-order valence-electron chi connectivity index (χ0n) is 13.4. The molecule has 7 nitrogen and oxygen atoms in total. The maximum Gasteiger partial charge on any atom is 0.338 e. The quantitative estimate of drug-likeness (QED) is 0.687. The number of carbonyl (C=O) groups is 1. The van der Waals surface area contributed by atoms with E-state index in [0.717, 1.165) is 6.07 Å². The van der Waals surface area contributed by atoms with Crippen LogP contribution >= 0.6 is 0 Å². The highest BCUT2D eigenvalue weighted by atomic mass is 19.1. The van der Waals surface area contributed by atoms with E-state index in [1.165, 1.54) is 24.7 Å². The topological polar surface area (TPSA) is 78.6 Å². The van der Waals surface area contributed by atoms with Crippen molar-refractivity contribution in [3.63, 3.8) is 0 Å². The maximum absolute atomic E-state index is 14.0. The van der Waals surface area contributed by atoms with Gasteiger partial charge in [-0.25, -0.2) is 14.2 Å². The van der Waals surface area contributed by atoms with Crippen molar-refractivity contribution in [3.8, 4) is 11.6 Å². The molecule has 8 heteroatoms. The molecule has 0 atom stereocenters. The van der Waals surface area contributed by atoms with Crippen molar-refractivity contribution in [2.24, 2.45) is 0 Å². The molecule has 0 radical (unpaired) electrons. The highest BCUT2D eigenvalue weighted by molar-refractivity contribution is 5.90. The van der Waals surface area contributed by atoms with E-state index in [4.69, 9.17) is 9.47 Å². The van der Waals surface area contributed by atoms with Gasteiger partial charge in [-0.2, -0.15) is 0 Å². The van der Waals surface area contributed by atoms with Crippen molar-refractivity contribution in [1.29, 1.82) is 0 Å². The Morgan fingerprint density at radius 1 is 1.29 bits per heavy atom. The van der Waals surface area contributed by atoms with E-state index in [1.807, 2.05) is 0 Å². The Labute approximate surface area is 137 Å². The molecular formula is C16H15FN4O3. The van der Waals surface area contributed by atoms with Crippen LogP contribution in [0.4, 0.5) is 4.39 Å². The third-order valence-electron chi connectivity index (χ3n) is 2.96. The van der Waals surface area contributed by atoms with E-state index in [-0.39, 0.29) is 17.2 Å². The van der Waals surface area contributed by atoms with Crippen molar-refractivity contribution in [3.05, 3.63) is 48.3 Å². The molecule has 124 valence electrons. The summed E-state index contributed by atoms with van der Waals surface area (Å²) in [5, 5.41) is 7.60. The van der Waals surface area contributed by atoms with Crippen LogP contribution in [0.2, 0.25) is 0 Å². The predicted molar refractivity (Wildman–Crippen MR) is 82.4 cm³/mol. The zero-order valence-corrected chi connectivity index (χ0v) is 13.4. The first-order chi connectivity index (χ1) is 11.3. The van der Waals surface area contributed by atoms with Gasteiger partial charge < -0.3 is 9.47 Å². The lowest BCUT2D eigenvalue weighted by atomic mass is 10.1.